The van der Waals surface area contributed by atoms with E-state index in [9.17, 15) is 0 Å². The van der Waals surface area contributed by atoms with Crippen LogP contribution in [0.1, 0.15) is 63.1 Å². The molecule has 0 bridgehead atoms. The molecule has 5 heteroatoms. The zero-order chi connectivity index (χ0) is 10.8. The van der Waals surface area contributed by atoms with Gasteiger partial charge in [0.2, 0.25) is 11.8 Å². The van der Waals surface area contributed by atoms with E-state index in [1.807, 2.05) is 0 Å². The SMILES string of the molecule is CC(C)c1nnc([C@H]2CC[C@H](N)CC2)o1.Cl. The summed E-state index contributed by atoms with van der Waals surface area (Å²) in [5.74, 6) is 2.31. The summed E-state index contributed by atoms with van der Waals surface area (Å²) < 4.78 is 5.66. The van der Waals surface area contributed by atoms with E-state index >= 15 is 0 Å². The molecule has 0 aliphatic heterocycles. The van der Waals surface area contributed by atoms with Crippen molar-refractivity contribution in [1.82, 2.24) is 10.2 Å². The van der Waals surface area contributed by atoms with Crippen molar-refractivity contribution in [3.05, 3.63) is 11.8 Å². The quantitative estimate of drug-likeness (QED) is 0.870. The van der Waals surface area contributed by atoms with Crippen molar-refractivity contribution >= 4 is 12.4 Å². The second-order valence-electron chi connectivity index (χ2n) is 4.74. The first-order valence-electron chi connectivity index (χ1n) is 5.75. The van der Waals surface area contributed by atoms with Gasteiger partial charge in [-0.2, -0.15) is 0 Å². The van der Waals surface area contributed by atoms with Gasteiger partial charge in [0.1, 0.15) is 0 Å². The van der Waals surface area contributed by atoms with E-state index in [4.69, 9.17) is 10.2 Å². The number of hydrogen-bond donors (Lipinski definition) is 1. The largest absolute Gasteiger partial charge is 0.425 e. The van der Waals surface area contributed by atoms with Crippen molar-refractivity contribution in [3.8, 4) is 0 Å². The van der Waals surface area contributed by atoms with E-state index in [2.05, 4.69) is 24.0 Å². The Morgan fingerprint density at radius 2 is 1.81 bits per heavy atom. The van der Waals surface area contributed by atoms with Crippen molar-refractivity contribution in [2.75, 3.05) is 0 Å². The van der Waals surface area contributed by atoms with Crippen LogP contribution in [-0.4, -0.2) is 16.2 Å². The van der Waals surface area contributed by atoms with Crippen molar-refractivity contribution in [1.29, 1.82) is 0 Å². The van der Waals surface area contributed by atoms with Crippen LogP contribution < -0.4 is 5.73 Å². The number of nitrogens with two attached hydrogens (primary N) is 1. The average molecular weight is 246 g/mol. The van der Waals surface area contributed by atoms with Crippen LogP contribution in [0.3, 0.4) is 0 Å². The fourth-order valence-corrected chi connectivity index (χ4v) is 2.01. The highest BCUT2D eigenvalue weighted by Crippen LogP contribution is 2.31. The van der Waals surface area contributed by atoms with Gasteiger partial charge < -0.3 is 10.2 Å². The Bertz CT molecular complexity index is 319. The number of nitrogens with zero attached hydrogens (tertiary/aromatic N) is 2. The van der Waals surface area contributed by atoms with E-state index < -0.39 is 0 Å². The Labute approximate surface area is 102 Å². The average Bonchev–Trinajstić information content (AvgIpc) is 2.68. The molecule has 0 radical (unpaired) electrons. The Balaban J connectivity index is 0.00000128. The molecule has 4 nitrogen and oxygen atoms in total. The summed E-state index contributed by atoms with van der Waals surface area (Å²) in [6, 6.07) is 0.369. The van der Waals surface area contributed by atoms with E-state index in [0.29, 0.717) is 17.9 Å². The Morgan fingerprint density at radius 3 is 2.31 bits per heavy atom. The molecule has 1 heterocycles. The minimum atomic E-state index is 0. The van der Waals surface area contributed by atoms with Gasteiger partial charge >= 0.3 is 0 Å². The second-order valence-corrected chi connectivity index (χ2v) is 4.74. The lowest BCUT2D eigenvalue weighted by molar-refractivity contribution is 0.327. The molecular weight excluding hydrogens is 226 g/mol. The van der Waals surface area contributed by atoms with Crippen LogP contribution in [0.2, 0.25) is 0 Å². The monoisotopic (exact) mass is 245 g/mol. The maximum atomic E-state index is 5.86. The lowest BCUT2D eigenvalue weighted by atomic mass is 9.86. The van der Waals surface area contributed by atoms with Crippen LogP contribution in [0.15, 0.2) is 4.42 Å². The Hall–Kier alpha value is -0.610. The molecule has 0 atom stereocenters. The summed E-state index contributed by atoms with van der Waals surface area (Å²) in [7, 11) is 0. The van der Waals surface area contributed by atoms with E-state index in [0.717, 1.165) is 37.5 Å². The molecule has 1 aliphatic rings. The molecule has 16 heavy (non-hydrogen) atoms. The Morgan fingerprint density at radius 1 is 1.19 bits per heavy atom. The van der Waals surface area contributed by atoms with Gasteiger partial charge in [-0.05, 0) is 25.7 Å². The third-order valence-corrected chi connectivity index (χ3v) is 3.07. The minimum absolute atomic E-state index is 0. The summed E-state index contributed by atoms with van der Waals surface area (Å²) in [4.78, 5) is 0. The fourth-order valence-electron chi connectivity index (χ4n) is 2.01. The van der Waals surface area contributed by atoms with Gasteiger partial charge in [-0.25, -0.2) is 0 Å². The summed E-state index contributed by atoms with van der Waals surface area (Å²) in [5.41, 5.74) is 5.86. The maximum absolute atomic E-state index is 5.86. The topological polar surface area (TPSA) is 64.9 Å². The number of hydrogen-bond acceptors (Lipinski definition) is 4. The van der Waals surface area contributed by atoms with E-state index in [1.165, 1.54) is 0 Å². The standard InChI is InChI=1S/C11H19N3O.ClH/c1-7(2)10-13-14-11(15-10)8-3-5-9(12)6-4-8;/h7-9H,3-6,12H2,1-2H3;1H/t8-,9-;. The molecule has 1 saturated carbocycles. The first-order chi connectivity index (χ1) is 7.16. The van der Waals surface area contributed by atoms with Crippen LogP contribution in [-0.2, 0) is 0 Å². The van der Waals surface area contributed by atoms with Crippen molar-refractivity contribution in [3.63, 3.8) is 0 Å². The molecule has 1 aromatic heterocycles. The smallest absolute Gasteiger partial charge is 0.219 e. The van der Waals surface area contributed by atoms with Crippen molar-refractivity contribution < 1.29 is 4.42 Å². The highest BCUT2D eigenvalue weighted by molar-refractivity contribution is 5.85. The number of halogens is 1. The van der Waals surface area contributed by atoms with Gasteiger partial charge in [0.15, 0.2) is 0 Å². The van der Waals surface area contributed by atoms with Gasteiger partial charge in [0.25, 0.3) is 0 Å². The minimum Gasteiger partial charge on any atom is -0.425 e. The van der Waals surface area contributed by atoms with E-state index in [-0.39, 0.29) is 12.4 Å². The first kappa shape index (κ1) is 13.5. The molecule has 0 unspecified atom stereocenters. The number of aromatic nitrogens is 2. The van der Waals surface area contributed by atoms with Gasteiger partial charge in [-0.1, -0.05) is 13.8 Å². The first-order valence-corrected chi connectivity index (χ1v) is 5.75. The summed E-state index contributed by atoms with van der Waals surface area (Å²) in [6.07, 6.45) is 4.32. The highest BCUT2D eigenvalue weighted by atomic mass is 35.5. The number of rotatable bonds is 2. The van der Waals surface area contributed by atoms with Gasteiger partial charge in [0.05, 0.1) is 0 Å². The predicted octanol–water partition coefficient (Wildman–Crippen LogP) is 2.60. The molecular formula is C11H20ClN3O. The van der Waals surface area contributed by atoms with Crippen LogP contribution in [0.5, 0.6) is 0 Å². The van der Waals surface area contributed by atoms with Crippen LogP contribution in [0.25, 0.3) is 0 Å². The van der Waals surface area contributed by atoms with E-state index in [1.54, 1.807) is 0 Å². The van der Waals surface area contributed by atoms with Crippen LogP contribution in [0, 0.1) is 0 Å². The molecule has 1 aliphatic carbocycles. The molecule has 92 valence electrons. The molecule has 0 saturated heterocycles. The Kier molecular flexibility index (Phi) is 4.74. The molecule has 1 aromatic rings. The third kappa shape index (κ3) is 2.95. The lowest BCUT2D eigenvalue weighted by Gasteiger charge is -2.23. The lowest BCUT2D eigenvalue weighted by Crippen LogP contribution is -2.25. The van der Waals surface area contributed by atoms with Gasteiger partial charge in [0, 0.05) is 17.9 Å². The molecule has 1 fully saturated rings. The van der Waals surface area contributed by atoms with Crippen molar-refractivity contribution in [2.24, 2.45) is 5.73 Å². The normalized spacial score (nSPS) is 25.5. The third-order valence-electron chi connectivity index (χ3n) is 3.07. The van der Waals surface area contributed by atoms with Crippen molar-refractivity contribution in [2.45, 2.75) is 57.4 Å². The van der Waals surface area contributed by atoms with Crippen LogP contribution in [0.4, 0.5) is 0 Å². The zero-order valence-electron chi connectivity index (χ0n) is 9.85. The molecule has 0 aromatic carbocycles. The second kappa shape index (κ2) is 5.64. The zero-order valence-corrected chi connectivity index (χ0v) is 10.7. The molecule has 0 amide bonds. The molecule has 2 N–H and O–H groups in total. The molecule has 2 rings (SSSR count). The van der Waals surface area contributed by atoms with Crippen LogP contribution >= 0.6 is 12.4 Å². The van der Waals surface area contributed by atoms with Gasteiger partial charge in [-0.3, -0.25) is 0 Å². The predicted molar refractivity (Wildman–Crippen MR) is 64.8 cm³/mol. The van der Waals surface area contributed by atoms with Gasteiger partial charge in [-0.15, -0.1) is 22.6 Å². The summed E-state index contributed by atoms with van der Waals surface area (Å²) >= 11 is 0. The molecule has 0 spiro atoms. The fraction of sp³-hybridized carbons (Fsp3) is 0.818. The highest BCUT2D eigenvalue weighted by Gasteiger charge is 2.24. The summed E-state index contributed by atoms with van der Waals surface area (Å²) in [5, 5.41) is 8.19. The maximum Gasteiger partial charge on any atom is 0.219 e. The summed E-state index contributed by atoms with van der Waals surface area (Å²) in [6.45, 7) is 4.13.